The van der Waals surface area contributed by atoms with Crippen molar-refractivity contribution in [3.05, 3.63) is 35.7 Å². The number of nitrogen functional groups attached to an aromatic ring is 1. The van der Waals surface area contributed by atoms with Crippen LogP contribution in [0.5, 0.6) is 5.88 Å². The number of thiol groups is 1. The predicted molar refractivity (Wildman–Crippen MR) is 103 cm³/mol. The second-order valence-corrected chi connectivity index (χ2v) is 8.61. The first-order valence-corrected chi connectivity index (χ1v) is 10.9. The van der Waals surface area contributed by atoms with Crippen molar-refractivity contribution < 1.29 is 31.2 Å². The lowest BCUT2D eigenvalue weighted by atomic mass is 10.2. The Morgan fingerprint density at radius 1 is 1.24 bits per heavy atom. The molecule has 12 nitrogen and oxygen atoms in total. The summed E-state index contributed by atoms with van der Waals surface area (Å²) in [6.07, 6.45) is 1.27. The van der Waals surface area contributed by atoms with Gasteiger partial charge in [-0.25, -0.2) is 26.8 Å². The fraction of sp³-hybridized carbons (Fsp3) is 0.214. The summed E-state index contributed by atoms with van der Waals surface area (Å²) in [5.74, 6) is -0.635. The minimum Gasteiger partial charge on any atom is -0.481 e. The second-order valence-electron chi connectivity index (χ2n) is 5.21. The van der Waals surface area contributed by atoms with Gasteiger partial charge in [0.1, 0.15) is 5.69 Å². The number of hydrogen-bond donors (Lipinski definition) is 2. The summed E-state index contributed by atoms with van der Waals surface area (Å²) >= 11 is 0. The molecule has 0 atom stereocenters. The third-order valence-corrected chi connectivity index (χ3v) is 4.74. The number of amides is 1. The molecule has 0 bridgehead atoms. The van der Waals surface area contributed by atoms with Gasteiger partial charge >= 0.3 is 0 Å². The van der Waals surface area contributed by atoms with E-state index in [4.69, 9.17) is 16.4 Å². The number of carbonyl (C=O) groups excluding carboxylic acids is 2. The molecule has 1 amide bonds. The van der Waals surface area contributed by atoms with E-state index in [0.717, 1.165) is 6.07 Å². The Bertz CT molecular complexity index is 1100. The topological polar surface area (TPSA) is 180 Å². The highest BCUT2D eigenvalue weighted by Crippen LogP contribution is 2.17. The highest BCUT2D eigenvalue weighted by molar-refractivity contribution is 8.13. The van der Waals surface area contributed by atoms with Gasteiger partial charge in [-0.05, 0) is 12.1 Å². The minimum absolute atomic E-state index is 0.0301. The highest BCUT2D eigenvalue weighted by Gasteiger charge is 2.22. The lowest BCUT2D eigenvalue weighted by molar-refractivity contribution is 0.0823. The molecule has 2 rings (SSSR count). The average Bonchev–Trinajstić information content (AvgIpc) is 2.65. The smallest absolute Gasteiger partial charge is 0.292 e. The van der Waals surface area contributed by atoms with Gasteiger partial charge in [-0.3, -0.25) is 9.59 Å². The molecule has 2 heterocycles. The molecule has 0 saturated heterocycles. The minimum atomic E-state index is -4.00. The number of hydrogen-bond acceptors (Lipinski definition) is 11. The number of halogens is 1. The van der Waals surface area contributed by atoms with Crippen LogP contribution in [0, 0.1) is 0 Å². The predicted octanol–water partition coefficient (Wildman–Crippen LogP) is -0.470. The number of rotatable bonds is 4. The first kappa shape index (κ1) is 24.2. The van der Waals surface area contributed by atoms with Gasteiger partial charge in [-0.15, -0.1) is 0 Å². The van der Waals surface area contributed by atoms with E-state index >= 15 is 0 Å². The van der Waals surface area contributed by atoms with E-state index in [1.807, 2.05) is 0 Å². The van der Waals surface area contributed by atoms with E-state index in [1.165, 1.54) is 44.4 Å². The van der Waals surface area contributed by atoms with Crippen LogP contribution in [0.2, 0.25) is 0 Å². The van der Waals surface area contributed by atoms with Crippen molar-refractivity contribution >= 4 is 47.4 Å². The van der Waals surface area contributed by atoms with Crippen LogP contribution in [0.3, 0.4) is 0 Å². The van der Waals surface area contributed by atoms with Crippen LogP contribution in [-0.4, -0.2) is 68.9 Å². The normalized spacial score (nSPS) is 10.7. The number of nitrogens with two attached hydrogens (primary N) is 1. The molecule has 158 valence electrons. The van der Waals surface area contributed by atoms with Crippen LogP contribution >= 0.6 is 10.7 Å². The summed E-state index contributed by atoms with van der Waals surface area (Å²) in [6.45, 7) is 0. The Morgan fingerprint density at radius 3 is 2.34 bits per heavy atom. The maximum atomic E-state index is 11.6. The number of methoxy groups -OCH3 is 1. The molecule has 0 aliphatic carbocycles. The number of aromatic nitrogens is 3. The molecule has 0 fully saturated rings. The van der Waals surface area contributed by atoms with Crippen LogP contribution in [0.4, 0.5) is 5.95 Å². The Morgan fingerprint density at radius 2 is 1.86 bits per heavy atom. The fourth-order valence-corrected chi connectivity index (χ4v) is 3.01. The number of nitrogens with zero attached hydrogens (tertiary/aromatic N) is 4. The van der Waals surface area contributed by atoms with E-state index in [1.54, 1.807) is 0 Å². The molecule has 0 radical (unpaired) electrons. The first-order chi connectivity index (χ1) is 13.4. The molecule has 2 aromatic rings. The molecule has 29 heavy (non-hydrogen) atoms. The van der Waals surface area contributed by atoms with Crippen molar-refractivity contribution in [1.82, 2.24) is 19.9 Å². The van der Waals surface area contributed by atoms with Crippen molar-refractivity contribution in [2.45, 2.75) is 5.03 Å². The van der Waals surface area contributed by atoms with Gasteiger partial charge in [0.05, 0.1) is 12.7 Å². The summed E-state index contributed by atoms with van der Waals surface area (Å²) in [7, 11) is 2.29. The zero-order valence-electron chi connectivity index (χ0n) is 15.3. The van der Waals surface area contributed by atoms with Gasteiger partial charge in [0.2, 0.25) is 22.5 Å². The lowest BCUT2D eigenvalue weighted by Gasteiger charge is -2.11. The van der Waals surface area contributed by atoms with Crippen LogP contribution in [0.1, 0.15) is 20.8 Å². The first-order valence-electron chi connectivity index (χ1n) is 7.37. The van der Waals surface area contributed by atoms with Gasteiger partial charge in [-0.2, -0.15) is 4.98 Å². The van der Waals surface area contributed by atoms with Crippen LogP contribution < -0.4 is 10.5 Å². The van der Waals surface area contributed by atoms with Gasteiger partial charge in [0, 0.05) is 37.0 Å². The molecule has 15 heteroatoms. The van der Waals surface area contributed by atoms with Gasteiger partial charge < -0.3 is 15.4 Å². The Labute approximate surface area is 172 Å². The maximum Gasteiger partial charge on any atom is 0.292 e. The number of carbonyl (C=O) groups is 2. The summed E-state index contributed by atoms with van der Waals surface area (Å²) in [5.41, 5.74) is 4.89. The van der Waals surface area contributed by atoms with E-state index < -0.39 is 35.8 Å². The summed E-state index contributed by atoms with van der Waals surface area (Å²) < 4.78 is 47.6. The van der Waals surface area contributed by atoms with Crippen LogP contribution in [-0.2, 0) is 19.8 Å². The third-order valence-electron chi connectivity index (χ3n) is 2.95. The summed E-state index contributed by atoms with van der Waals surface area (Å²) in [4.78, 5) is 34.4. The molecule has 0 unspecified atom stereocenters. The molecule has 0 aliphatic heterocycles. The van der Waals surface area contributed by atoms with Gasteiger partial charge in [-0.1, -0.05) is 0 Å². The van der Waals surface area contributed by atoms with Crippen molar-refractivity contribution in [2.24, 2.45) is 0 Å². The van der Waals surface area contributed by atoms with Crippen LogP contribution in [0.15, 0.2) is 29.4 Å². The molecule has 2 N–H and O–H groups in total. The van der Waals surface area contributed by atoms with E-state index in [2.05, 4.69) is 19.7 Å². The van der Waals surface area contributed by atoms with Crippen LogP contribution in [0.25, 0.3) is 0 Å². The fourth-order valence-electron chi connectivity index (χ4n) is 1.74. The lowest BCUT2D eigenvalue weighted by Crippen LogP contribution is -2.23. The average molecular weight is 466 g/mol. The monoisotopic (exact) mass is 465 g/mol. The zero-order valence-corrected chi connectivity index (χ0v) is 17.7. The number of pyridine rings is 1. The molecular weight excluding hydrogens is 450 g/mol. The SMILES string of the molecule is CN(C)C(=O)c1cccnc1S(=O)(=O)Cl.COc1cc(C(=O)[SH](=O)=O)nc(N)n1. The molecule has 0 spiro atoms. The Balaban J connectivity index is 0.000000291. The number of ether oxygens (including phenoxy) is 1. The standard InChI is InChI=1S/C8H9ClN2O3S.C6H7N3O4S/c1-11(2)8(12)6-4-3-5-10-7(6)15(9,13)14;1-13-4-2-3(5(10)14(11)12)8-6(7)9-4/h3-5H,1-2H3;2,14H,1H3,(H2,7,8,9). The molecule has 0 aromatic carbocycles. The highest BCUT2D eigenvalue weighted by atomic mass is 35.7. The molecule has 0 aliphatic rings. The Hall–Kier alpha value is -2.84. The second kappa shape index (κ2) is 10.1. The third kappa shape index (κ3) is 6.92. The largest absolute Gasteiger partial charge is 0.481 e. The van der Waals surface area contributed by atoms with Gasteiger partial charge in [0.25, 0.3) is 20.1 Å². The van der Waals surface area contributed by atoms with Crippen molar-refractivity contribution in [3.63, 3.8) is 0 Å². The zero-order chi connectivity index (χ0) is 22.4. The molecule has 0 saturated carbocycles. The Kier molecular flexibility index (Phi) is 8.42. The summed E-state index contributed by atoms with van der Waals surface area (Å²) in [5, 5.41) is -1.53. The quantitative estimate of drug-likeness (QED) is 0.440. The van der Waals surface area contributed by atoms with Crippen molar-refractivity contribution in [1.29, 1.82) is 0 Å². The number of anilines is 1. The molecule has 2 aromatic heterocycles. The maximum absolute atomic E-state index is 11.6. The van der Waals surface area contributed by atoms with E-state index in [0.29, 0.717) is 0 Å². The van der Waals surface area contributed by atoms with Gasteiger partial charge in [0.15, 0.2) is 5.03 Å². The van der Waals surface area contributed by atoms with Crippen molar-refractivity contribution in [3.8, 4) is 5.88 Å². The molecular formula is C14H16ClN5O7S2. The van der Waals surface area contributed by atoms with E-state index in [-0.39, 0.29) is 23.1 Å². The van der Waals surface area contributed by atoms with E-state index in [9.17, 15) is 26.4 Å². The van der Waals surface area contributed by atoms with Crippen molar-refractivity contribution in [2.75, 3.05) is 26.9 Å². The summed E-state index contributed by atoms with van der Waals surface area (Å²) in [6, 6.07) is 3.94.